The highest BCUT2D eigenvalue weighted by molar-refractivity contribution is 5.40. The minimum absolute atomic E-state index is 0.0267. The fourth-order valence-corrected chi connectivity index (χ4v) is 1.72. The first-order valence-corrected chi connectivity index (χ1v) is 5.68. The molecule has 90 valence electrons. The maximum Gasteiger partial charge on any atom is 0.123 e. The van der Waals surface area contributed by atoms with Gasteiger partial charge in [0.1, 0.15) is 5.75 Å². The van der Waals surface area contributed by atoms with E-state index >= 15 is 0 Å². The van der Waals surface area contributed by atoms with Crippen LogP contribution in [0.2, 0.25) is 0 Å². The highest BCUT2D eigenvalue weighted by Gasteiger charge is 2.12. The summed E-state index contributed by atoms with van der Waals surface area (Å²) in [5.41, 5.74) is 8.40. The summed E-state index contributed by atoms with van der Waals surface area (Å²) in [5, 5.41) is 3.07. The molecule has 3 heteroatoms. The molecule has 0 radical (unpaired) electrons. The highest BCUT2D eigenvalue weighted by Crippen LogP contribution is 2.27. The van der Waals surface area contributed by atoms with E-state index in [9.17, 15) is 0 Å². The second-order valence-electron chi connectivity index (χ2n) is 4.32. The van der Waals surface area contributed by atoms with Crippen LogP contribution in [0.1, 0.15) is 36.9 Å². The number of hydrogen-bond acceptors (Lipinski definition) is 3. The molecule has 16 heavy (non-hydrogen) atoms. The van der Waals surface area contributed by atoms with Crippen molar-refractivity contribution in [2.24, 2.45) is 5.73 Å². The van der Waals surface area contributed by atoms with Crippen LogP contribution in [0.25, 0.3) is 0 Å². The van der Waals surface area contributed by atoms with E-state index in [-0.39, 0.29) is 6.04 Å². The summed E-state index contributed by atoms with van der Waals surface area (Å²) < 4.78 is 5.40. The van der Waals surface area contributed by atoms with Crippen LogP contribution < -0.4 is 15.8 Å². The summed E-state index contributed by atoms with van der Waals surface area (Å²) in [5.74, 6) is 1.39. The van der Waals surface area contributed by atoms with Crippen molar-refractivity contribution in [1.82, 2.24) is 5.32 Å². The number of rotatable bonds is 5. The van der Waals surface area contributed by atoms with Gasteiger partial charge in [0.25, 0.3) is 0 Å². The van der Waals surface area contributed by atoms with Crippen LogP contribution in [-0.4, -0.2) is 20.7 Å². The summed E-state index contributed by atoms with van der Waals surface area (Å²) >= 11 is 0. The molecular formula is C13H22N2O. The van der Waals surface area contributed by atoms with Crippen molar-refractivity contribution in [3.8, 4) is 5.75 Å². The lowest BCUT2D eigenvalue weighted by Crippen LogP contribution is -2.24. The standard InChI is InChI=1S/C13H22N2O/c1-9(2)10-5-6-11(12(14)8-15-3)13(7-10)16-4/h5-7,9,12,15H,8,14H2,1-4H3. The third kappa shape index (κ3) is 2.97. The van der Waals surface area contributed by atoms with Gasteiger partial charge in [-0.1, -0.05) is 26.0 Å². The van der Waals surface area contributed by atoms with Crippen LogP contribution >= 0.6 is 0 Å². The number of ether oxygens (including phenoxy) is 1. The second-order valence-corrected chi connectivity index (χ2v) is 4.32. The quantitative estimate of drug-likeness (QED) is 0.801. The Hall–Kier alpha value is -1.06. The van der Waals surface area contributed by atoms with Crippen LogP contribution in [0, 0.1) is 0 Å². The van der Waals surface area contributed by atoms with E-state index in [1.54, 1.807) is 7.11 Å². The number of benzene rings is 1. The monoisotopic (exact) mass is 222 g/mol. The molecule has 0 fully saturated rings. The van der Waals surface area contributed by atoms with Gasteiger partial charge in [0.15, 0.2) is 0 Å². The van der Waals surface area contributed by atoms with E-state index < -0.39 is 0 Å². The molecule has 0 aliphatic heterocycles. The van der Waals surface area contributed by atoms with Crippen LogP contribution in [0.15, 0.2) is 18.2 Å². The van der Waals surface area contributed by atoms with Crippen molar-refractivity contribution < 1.29 is 4.74 Å². The third-order valence-corrected chi connectivity index (χ3v) is 2.75. The number of methoxy groups -OCH3 is 1. The molecule has 1 aromatic carbocycles. The Morgan fingerprint density at radius 3 is 2.56 bits per heavy atom. The van der Waals surface area contributed by atoms with Gasteiger partial charge < -0.3 is 15.8 Å². The zero-order valence-electron chi connectivity index (χ0n) is 10.6. The van der Waals surface area contributed by atoms with Gasteiger partial charge in [-0.25, -0.2) is 0 Å². The summed E-state index contributed by atoms with van der Waals surface area (Å²) in [6.07, 6.45) is 0. The molecule has 3 nitrogen and oxygen atoms in total. The van der Waals surface area contributed by atoms with Crippen molar-refractivity contribution in [2.75, 3.05) is 20.7 Å². The van der Waals surface area contributed by atoms with Crippen molar-refractivity contribution in [3.05, 3.63) is 29.3 Å². The molecule has 0 spiro atoms. The van der Waals surface area contributed by atoms with Crippen molar-refractivity contribution >= 4 is 0 Å². The minimum atomic E-state index is -0.0267. The van der Waals surface area contributed by atoms with Gasteiger partial charge in [-0.05, 0) is 24.6 Å². The van der Waals surface area contributed by atoms with Gasteiger partial charge in [0, 0.05) is 18.2 Å². The van der Waals surface area contributed by atoms with E-state index in [2.05, 4.69) is 37.4 Å². The molecule has 1 rings (SSSR count). The van der Waals surface area contributed by atoms with E-state index in [0.717, 1.165) is 17.9 Å². The SMILES string of the molecule is CNCC(N)c1ccc(C(C)C)cc1OC. The first-order valence-electron chi connectivity index (χ1n) is 5.68. The van der Waals surface area contributed by atoms with Gasteiger partial charge in [0.2, 0.25) is 0 Å². The zero-order valence-corrected chi connectivity index (χ0v) is 10.6. The predicted octanol–water partition coefficient (Wildman–Crippen LogP) is 2.04. The molecule has 1 aromatic rings. The van der Waals surface area contributed by atoms with Gasteiger partial charge >= 0.3 is 0 Å². The number of nitrogens with one attached hydrogen (secondary N) is 1. The average molecular weight is 222 g/mol. The van der Waals surface area contributed by atoms with E-state index in [4.69, 9.17) is 10.5 Å². The van der Waals surface area contributed by atoms with Gasteiger partial charge in [0.05, 0.1) is 7.11 Å². The topological polar surface area (TPSA) is 47.3 Å². The Morgan fingerprint density at radius 2 is 2.06 bits per heavy atom. The first kappa shape index (κ1) is 13.0. The molecular weight excluding hydrogens is 200 g/mol. The molecule has 0 saturated carbocycles. The van der Waals surface area contributed by atoms with Crippen LogP contribution in [-0.2, 0) is 0 Å². The largest absolute Gasteiger partial charge is 0.496 e. The predicted molar refractivity (Wildman–Crippen MR) is 67.9 cm³/mol. The molecule has 0 amide bonds. The fourth-order valence-electron chi connectivity index (χ4n) is 1.72. The normalized spacial score (nSPS) is 12.9. The van der Waals surface area contributed by atoms with Crippen LogP contribution in [0.4, 0.5) is 0 Å². The Kier molecular flexibility index (Phi) is 4.77. The lowest BCUT2D eigenvalue weighted by Gasteiger charge is -2.17. The summed E-state index contributed by atoms with van der Waals surface area (Å²) in [4.78, 5) is 0. The zero-order chi connectivity index (χ0) is 12.1. The van der Waals surface area contributed by atoms with Crippen LogP contribution in [0.5, 0.6) is 5.75 Å². The number of likely N-dealkylation sites (N-methyl/N-ethyl adjacent to an activating group) is 1. The maximum atomic E-state index is 6.07. The van der Waals surface area contributed by atoms with Crippen molar-refractivity contribution in [3.63, 3.8) is 0 Å². The molecule has 0 aromatic heterocycles. The first-order chi connectivity index (χ1) is 7.60. The summed E-state index contributed by atoms with van der Waals surface area (Å²) in [6, 6.07) is 6.24. The fraction of sp³-hybridized carbons (Fsp3) is 0.538. The van der Waals surface area contributed by atoms with Crippen molar-refractivity contribution in [2.45, 2.75) is 25.8 Å². The average Bonchev–Trinajstić information content (AvgIpc) is 2.28. The number of hydrogen-bond donors (Lipinski definition) is 2. The maximum absolute atomic E-state index is 6.07. The van der Waals surface area contributed by atoms with E-state index in [1.165, 1.54) is 5.56 Å². The highest BCUT2D eigenvalue weighted by atomic mass is 16.5. The van der Waals surface area contributed by atoms with Gasteiger partial charge in [-0.3, -0.25) is 0 Å². The molecule has 1 unspecified atom stereocenters. The van der Waals surface area contributed by atoms with Gasteiger partial charge in [-0.15, -0.1) is 0 Å². The minimum Gasteiger partial charge on any atom is -0.496 e. The van der Waals surface area contributed by atoms with Crippen molar-refractivity contribution in [1.29, 1.82) is 0 Å². The van der Waals surface area contributed by atoms with E-state index in [0.29, 0.717) is 5.92 Å². The third-order valence-electron chi connectivity index (χ3n) is 2.75. The molecule has 0 aliphatic rings. The molecule has 3 N–H and O–H groups in total. The Morgan fingerprint density at radius 1 is 1.38 bits per heavy atom. The summed E-state index contributed by atoms with van der Waals surface area (Å²) in [6.45, 7) is 5.08. The molecule has 0 heterocycles. The lowest BCUT2D eigenvalue weighted by atomic mass is 9.98. The lowest BCUT2D eigenvalue weighted by molar-refractivity contribution is 0.404. The second kappa shape index (κ2) is 5.87. The summed E-state index contributed by atoms with van der Waals surface area (Å²) in [7, 11) is 3.59. The van der Waals surface area contributed by atoms with Gasteiger partial charge in [-0.2, -0.15) is 0 Å². The Balaban J connectivity index is 3.01. The molecule has 0 saturated heterocycles. The Bertz CT molecular complexity index is 337. The molecule has 0 aliphatic carbocycles. The smallest absolute Gasteiger partial charge is 0.123 e. The van der Waals surface area contributed by atoms with E-state index in [1.807, 2.05) is 7.05 Å². The Labute approximate surface area is 98.0 Å². The molecule has 1 atom stereocenters. The van der Waals surface area contributed by atoms with Crippen LogP contribution in [0.3, 0.4) is 0 Å². The number of nitrogens with two attached hydrogens (primary N) is 1. The molecule has 0 bridgehead atoms.